The Hall–Kier alpha value is -4.60. The Morgan fingerprint density at radius 3 is 1.95 bits per heavy atom. The van der Waals surface area contributed by atoms with Crippen LogP contribution in [-0.2, 0) is 15.0 Å². The highest BCUT2D eigenvalue weighted by atomic mass is 19.4. The molecule has 0 atom stereocenters. The number of anilines is 1. The minimum absolute atomic E-state index is 0.0229. The smallest absolute Gasteiger partial charge is 0.481 e. The second-order valence-electron chi connectivity index (χ2n) is 9.93. The van der Waals surface area contributed by atoms with Gasteiger partial charge in [0, 0.05) is 23.4 Å². The quantitative estimate of drug-likeness (QED) is 0.214. The summed E-state index contributed by atoms with van der Waals surface area (Å²) in [6, 6.07) is 18.5. The summed E-state index contributed by atoms with van der Waals surface area (Å²) in [5, 5.41) is 14.0. The molecule has 2 amide bonds. The first kappa shape index (κ1) is 29.9. The van der Waals surface area contributed by atoms with Crippen LogP contribution in [0.4, 0.5) is 18.9 Å². The van der Waals surface area contributed by atoms with Gasteiger partial charge >= 0.3 is 12.3 Å². The molecule has 0 aliphatic heterocycles. The average molecular weight is 555 g/mol. The molecule has 0 aliphatic rings. The van der Waals surface area contributed by atoms with E-state index in [1.807, 2.05) is 12.1 Å². The highest BCUT2D eigenvalue weighted by Gasteiger charge is 2.31. The predicted octanol–water partition coefficient (Wildman–Crippen LogP) is 6.27. The van der Waals surface area contributed by atoms with Gasteiger partial charge in [0.25, 0.3) is 11.8 Å². The molecule has 0 unspecified atom stereocenters. The van der Waals surface area contributed by atoms with Gasteiger partial charge in [0.05, 0.1) is 6.42 Å². The lowest BCUT2D eigenvalue weighted by atomic mass is 9.87. The van der Waals surface area contributed by atoms with Gasteiger partial charge in [-0.2, -0.15) is 0 Å². The van der Waals surface area contributed by atoms with Gasteiger partial charge in [0.2, 0.25) is 0 Å². The summed E-state index contributed by atoms with van der Waals surface area (Å²) in [5.41, 5.74) is 2.88. The first-order valence-corrected chi connectivity index (χ1v) is 12.3. The SMILES string of the molecule is CC(C)(C)c1ccc(NC(=O)/C(=C/c2ccc(C(=O)NCCC(=O)O)cc2)c2ccc(OC(F)(F)F)cc2)cc1. The molecule has 0 fully saturated rings. The number of hydrogen-bond acceptors (Lipinski definition) is 4. The fourth-order valence-corrected chi connectivity index (χ4v) is 3.65. The highest BCUT2D eigenvalue weighted by molar-refractivity contribution is 6.29. The molecule has 0 saturated carbocycles. The number of ether oxygens (including phenoxy) is 1. The number of carboxylic acids is 1. The summed E-state index contributed by atoms with van der Waals surface area (Å²) in [6.45, 7) is 6.18. The molecule has 10 heteroatoms. The van der Waals surface area contributed by atoms with Crippen LogP contribution in [0.15, 0.2) is 72.8 Å². The Morgan fingerprint density at radius 2 is 1.43 bits per heavy atom. The van der Waals surface area contributed by atoms with Crippen molar-refractivity contribution in [3.8, 4) is 5.75 Å². The predicted molar refractivity (Wildman–Crippen MR) is 146 cm³/mol. The van der Waals surface area contributed by atoms with Crippen molar-refractivity contribution in [2.45, 2.75) is 39.0 Å². The molecule has 3 aromatic rings. The second-order valence-corrected chi connectivity index (χ2v) is 9.93. The van der Waals surface area contributed by atoms with Crippen molar-refractivity contribution in [1.82, 2.24) is 5.32 Å². The van der Waals surface area contributed by atoms with E-state index in [4.69, 9.17) is 5.11 Å². The van der Waals surface area contributed by atoms with Crippen molar-refractivity contribution in [2.75, 3.05) is 11.9 Å². The van der Waals surface area contributed by atoms with Gasteiger partial charge in [-0.3, -0.25) is 14.4 Å². The van der Waals surface area contributed by atoms with E-state index < -0.39 is 29.9 Å². The van der Waals surface area contributed by atoms with E-state index in [1.54, 1.807) is 30.3 Å². The molecule has 3 aromatic carbocycles. The van der Waals surface area contributed by atoms with Crippen LogP contribution in [0.1, 0.15) is 54.2 Å². The number of nitrogens with one attached hydrogen (secondary N) is 2. The zero-order valence-electron chi connectivity index (χ0n) is 22.1. The maximum absolute atomic E-state index is 13.4. The van der Waals surface area contributed by atoms with Gasteiger partial charge in [-0.15, -0.1) is 13.2 Å². The lowest BCUT2D eigenvalue weighted by Crippen LogP contribution is -2.25. The second kappa shape index (κ2) is 12.5. The van der Waals surface area contributed by atoms with Gasteiger partial charge < -0.3 is 20.5 Å². The Kier molecular flexibility index (Phi) is 9.36. The number of carbonyl (C=O) groups is 3. The largest absolute Gasteiger partial charge is 0.573 e. The van der Waals surface area contributed by atoms with E-state index >= 15 is 0 Å². The van der Waals surface area contributed by atoms with E-state index in [1.165, 1.54) is 24.3 Å². The van der Waals surface area contributed by atoms with Crippen LogP contribution in [0.2, 0.25) is 0 Å². The molecule has 40 heavy (non-hydrogen) atoms. The summed E-state index contributed by atoms with van der Waals surface area (Å²) < 4.78 is 41.7. The van der Waals surface area contributed by atoms with Crippen LogP contribution < -0.4 is 15.4 Å². The first-order chi connectivity index (χ1) is 18.7. The van der Waals surface area contributed by atoms with E-state index in [0.29, 0.717) is 22.4 Å². The molecule has 0 bridgehead atoms. The number of aliphatic carboxylic acids is 1. The topological polar surface area (TPSA) is 105 Å². The van der Waals surface area contributed by atoms with Gasteiger partial charge in [-0.1, -0.05) is 57.2 Å². The standard InChI is InChI=1S/C30H29F3N2O5/c1-29(2,3)22-10-12-23(13-11-22)35-28(39)25(20-8-14-24(15-9-20)40-30(31,32)33)18-19-4-6-21(7-5-19)27(38)34-17-16-26(36)37/h4-15,18H,16-17H2,1-3H3,(H,34,38)(H,35,39)(H,36,37)/b25-18+. The number of halogens is 3. The Balaban J connectivity index is 1.88. The minimum Gasteiger partial charge on any atom is -0.481 e. The maximum atomic E-state index is 13.4. The molecular weight excluding hydrogens is 525 g/mol. The molecule has 0 spiro atoms. The van der Waals surface area contributed by atoms with Crippen molar-refractivity contribution in [2.24, 2.45) is 0 Å². The van der Waals surface area contributed by atoms with Gasteiger partial charge in [0.1, 0.15) is 5.75 Å². The van der Waals surface area contributed by atoms with Crippen LogP contribution in [0.5, 0.6) is 5.75 Å². The Labute approximate surface area is 229 Å². The summed E-state index contributed by atoms with van der Waals surface area (Å²) in [4.78, 5) is 36.2. The summed E-state index contributed by atoms with van der Waals surface area (Å²) in [5.74, 6) is -2.40. The van der Waals surface area contributed by atoms with Crippen LogP contribution >= 0.6 is 0 Å². The molecule has 0 saturated heterocycles. The highest BCUT2D eigenvalue weighted by Crippen LogP contribution is 2.28. The Morgan fingerprint density at radius 1 is 0.850 bits per heavy atom. The van der Waals surface area contributed by atoms with Gasteiger partial charge in [-0.25, -0.2) is 0 Å². The molecule has 0 aliphatic carbocycles. The van der Waals surface area contributed by atoms with Crippen molar-refractivity contribution in [3.05, 3.63) is 95.1 Å². The fraction of sp³-hybridized carbons (Fsp3) is 0.233. The summed E-state index contributed by atoms with van der Waals surface area (Å²) in [6.07, 6.45) is -3.51. The number of carbonyl (C=O) groups excluding carboxylic acids is 2. The van der Waals surface area contributed by atoms with Gasteiger partial charge in [-0.05, 0) is 64.6 Å². The molecule has 3 rings (SSSR count). The maximum Gasteiger partial charge on any atom is 0.573 e. The van der Waals surface area contributed by atoms with Crippen LogP contribution in [0.25, 0.3) is 11.6 Å². The average Bonchev–Trinajstić information content (AvgIpc) is 2.87. The number of alkyl halides is 3. The Bertz CT molecular complexity index is 1370. The van der Waals surface area contributed by atoms with Crippen molar-refractivity contribution in [1.29, 1.82) is 0 Å². The van der Waals surface area contributed by atoms with Crippen molar-refractivity contribution in [3.63, 3.8) is 0 Å². The van der Waals surface area contributed by atoms with E-state index in [2.05, 4.69) is 36.1 Å². The molecular formula is C30H29F3N2O5. The zero-order valence-corrected chi connectivity index (χ0v) is 22.1. The van der Waals surface area contributed by atoms with Crippen molar-refractivity contribution >= 4 is 35.1 Å². The summed E-state index contributed by atoms with van der Waals surface area (Å²) in [7, 11) is 0. The van der Waals surface area contributed by atoms with Crippen LogP contribution in [0, 0.1) is 0 Å². The number of amides is 2. The minimum atomic E-state index is -4.85. The third kappa shape index (κ3) is 9.00. The molecule has 210 valence electrons. The monoisotopic (exact) mass is 554 g/mol. The lowest BCUT2D eigenvalue weighted by Gasteiger charge is -2.19. The molecule has 0 heterocycles. The molecule has 7 nitrogen and oxygen atoms in total. The number of benzene rings is 3. The third-order valence-corrected chi connectivity index (χ3v) is 5.76. The van der Waals surface area contributed by atoms with E-state index in [0.717, 1.165) is 17.7 Å². The van der Waals surface area contributed by atoms with E-state index in [9.17, 15) is 27.6 Å². The van der Waals surface area contributed by atoms with Gasteiger partial charge in [0.15, 0.2) is 0 Å². The zero-order chi connectivity index (χ0) is 29.5. The summed E-state index contributed by atoms with van der Waals surface area (Å²) >= 11 is 0. The van der Waals surface area contributed by atoms with Crippen LogP contribution in [-0.4, -0.2) is 35.8 Å². The first-order valence-electron chi connectivity index (χ1n) is 12.3. The fourth-order valence-electron chi connectivity index (χ4n) is 3.65. The third-order valence-electron chi connectivity index (χ3n) is 5.76. The number of hydrogen-bond donors (Lipinski definition) is 3. The molecule has 0 aromatic heterocycles. The number of carboxylic acid groups (broad SMARTS) is 1. The van der Waals surface area contributed by atoms with Crippen LogP contribution in [0.3, 0.4) is 0 Å². The molecule has 3 N–H and O–H groups in total. The van der Waals surface area contributed by atoms with E-state index in [-0.39, 0.29) is 24.0 Å². The normalized spacial score (nSPS) is 12.0. The van der Waals surface area contributed by atoms with Crippen molar-refractivity contribution < 1.29 is 37.4 Å². The molecule has 0 radical (unpaired) electrons. The number of rotatable bonds is 9. The lowest BCUT2D eigenvalue weighted by molar-refractivity contribution is -0.274.